The van der Waals surface area contributed by atoms with E-state index in [1.54, 1.807) is 13.8 Å². The van der Waals surface area contributed by atoms with Gasteiger partial charge in [0.2, 0.25) is 0 Å². The van der Waals surface area contributed by atoms with Crippen molar-refractivity contribution in [3.05, 3.63) is 66.2 Å². The van der Waals surface area contributed by atoms with Crippen LogP contribution in [0.1, 0.15) is 32.4 Å². The molecular weight excluding hydrogens is 398 g/mol. The Labute approximate surface area is 183 Å². The molecule has 1 fully saturated rings. The molecule has 1 heterocycles. The van der Waals surface area contributed by atoms with Crippen LogP contribution in [0.15, 0.2) is 60.7 Å². The average Bonchev–Trinajstić information content (AvgIpc) is 2.74. The Hall–Kier alpha value is -2.73. The topological polar surface area (TPSA) is 55.8 Å². The van der Waals surface area contributed by atoms with E-state index in [2.05, 4.69) is 4.90 Å². The highest BCUT2D eigenvalue weighted by Crippen LogP contribution is 2.49. The van der Waals surface area contributed by atoms with Crippen LogP contribution in [0.25, 0.3) is 0 Å². The first-order valence-electron chi connectivity index (χ1n) is 10.3. The van der Waals surface area contributed by atoms with Crippen LogP contribution in [0.2, 0.25) is 0 Å². The van der Waals surface area contributed by atoms with Crippen LogP contribution in [-0.2, 0) is 19.1 Å². The predicted molar refractivity (Wildman–Crippen MR) is 120 cm³/mol. The molecule has 0 aromatic heterocycles. The molecule has 0 saturated carbocycles. The van der Waals surface area contributed by atoms with Gasteiger partial charge in [-0.05, 0) is 37.5 Å². The van der Waals surface area contributed by atoms with Crippen molar-refractivity contribution in [3.8, 4) is 0 Å². The van der Waals surface area contributed by atoms with Crippen LogP contribution in [0.5, 0.6) is 0 Å². The van der Waals surface area contributed by atoms with Crippen LogP contribution in [0.3, 0.4) is 0 Å². The predicted octanol–water partition coefficient (Wildman–Crippen LogP) is 4.57. The van der Waals surface area contributed by atoms with Crippen molar-refractivity contribution in [2.45, 2.75) is 26.8 Å². The minimum Gasteiger partial charge on any atom is -0.465 e. The van der Waals surface area contributed by atoms with Crippen LogP contribution in [-0.4, -0.2) is 30.1 Å². The van der Waals surface area contributed by atoms with Gasteiger partial charge in [-0.2, -0.15) is 0 Å². The number of hydrogen-bond acceptors (Lipinski definition) is 5. The standard InChI is InChI=1S/C24H27NO4S/c1-4-28-23(26)20(24(27)29-5-2)16(3)19-21(17-12-8-6-9-13-17)25(22(19)30)18-14-10-7-11-15-18/h6-16,19-21H,4-5H2,1-3H3/t16?,19-,21+/m0/s1. The van der Waals surface area contributed by atoms with Gasteiger partial charge in [-0.25, -0.2) is 0 Å². The van der Waals surface area contributed by atoms with Gasteiger partial charge in [-0.3, -0.25) is 9.59 Å². The lowest BCUT2D eigenvalue weighted by Gasteiger charge is -2.53. The van der Waals surface area contributed by atoms with Gasteiger partial charge in [0.25, 0.3) is 0 Å². The molecule has 5 nitrogen and oxygen atoms in total. The molecule has 3 rings (SSSR count). The summed E-state index contributed by atoms with van der Waals surface area (Å²) in [4.78, 5) is 28.1. The third kappa shape index (κ3) is 4.24. The number of benzene rings is 2. The van der Waals surface area contributed by atoms with E-state index < -0.39 is 17.9 Å². The SMILES string of the molecule is CCOC(=O)C(C(=O)OCC)C(C)[C@@H]1C(=S)N(c2ccccc2)[C@@H]1c1ccccc1. The normalized spacial score (nSPS) is 19.2. The molecule has 0 amide bonds. The number of carbonyl (C=O) groups is 2. The summed E-state index contributed by atoms with van der Waals surface area (Å²) >= 11 is 5.81. The number of rotatable bonds is 8. The average molecular weight is 426 g/mol. The zero-order valence-corrected chi connectivity index (χ0v) is 18.3. The van der Waals surface area contributed by atoms with Gasteiger partial charge < -0.3 is 14.4 Å². The fraction of sp³-hybridized carbons (Fsp3) is 0.375. The van der Waals surface area contributed by atoms with Gasteiger partial charge in [0.15, 0.2) is 5.92 Å². The molecule has 0 N–H and O–H groups in total. The highest BCUT2D eigenvalue weighted by molar-refractivity contribution is 7.80. The molecule has 0 bridgehead atoms. The molecule has 158 valence electrons. The summed E-state index contributed by atoms with van der Waals surface area (Å²) in [5.41, 5.74) is 2.07. The molecule has 30 heavy (non-hydrogen) atoms. The van der Waals surface area contributed by atoms with Crippen molar-refractivity contribution in [1.29, 1.82) is 0 Å². The molecule has 1 aliphatic heterocycles. The van der Waals surface area contributed by atoms with Gasteiger partial charge in [0.1, 0.15) is 0 Å². The Balaban J connectivity index is 1.98. The summed E-state index contributed by atoms with van der Waals surface area (Å²) in [6.07, 6.45) is 0. The number of thiocarbonyl (C=S) groups is 1. The lowest BCUT2D eigenvalue weighted by Crippen LogP contribution is -2.58. The molecule has 0 spiro atoms. The number of esters is 2. The summed E-state index contributed by atoms with van der Waals surface area (Å²) in [7, 11) is 0. The van der Waals surface area contributed by atoms with E-state index in [9.17, 15) is 9.59 Å². The van der Waals surface area contributed by atoms with Crippen LogP contribution >= 0.6 is 12.2 Å². The van der Waals surface area contributed by atoms with E-state index in [1.807, 2.05) is 67.6 Å². The number of ether oxygens (including phenoxy) is 2. The molecule has 0 radical (unpaired) electrons. The Morgan fingerprint density at radius 2 is 1.43 bits per heavy atom. The van der Waals surface area contributed by atoms with Crippen LogP contribution in [0.4, 0.5) is 5.69 Å². The maximum Gasteiger partial charge on any atom is 0.320 e. The van der Waals surface area contributed by atoms with Crippen LogP contribution < -0.4 is 4.90 Å². The van der Waals surface area contributed by atoms with Crippen molar-refractivity contribution < 1.29 is 19.1 Å². The first kappa shape index (κ1) is 22.0. The minimum atomic E-state index is -1.02. The largest absolute Gasteiger partial charge is 0.465 e. The van der Waals surface area contributed by atoms with E-state index in [0.29, 0.717) is 4.99 Å². The van der Waals surface area contributed by atoms with Crippen molar-refractivity contribution in [1.82, 2.24) is 0 Å². The lowest BCUT2D eigenvalue weighted by atomic mass is 9.70. The summed E-state index contributed by atoms with van der Waals surface area (Å²) in [5, 5.41) is 0. The number of anilines is 1. The Kier molecular flexibility index (Phi) is 7.21. The maximum atomic E-state index is 12.7. The molecule has 1 saturated heterocycles. The summed E-state index contributed by atoms with van der Waals surface area (Å²) < 4.78 is 10.4. The first-order valence-corrected chi connectivity index (χ1v) is 10.7. The zero-order chi connectivity index (χ0) is 21.7. The second kappa shape index (κ2) is 9.85. The van der Waals surface area contributed by atoms with E-state index in [0.717, 1.165) is 11.3 Å². The maximum absolute atomic E-state index is 12.7. The van der Waals surface area contributed by atoms with E-state index in [-0.39, 0.29) is 31.1 Å². The number of hydrogen-bond donors (Lipinski definition) is 0. The summed E-state index contributed by atoms with van der Waals surface area (Å²) in [6, 6.07) is 19.9. The molecule has 2 aromatic rings. The van der Waals surface area contributed by atoms with E-state index in [4.69, 9.17) is 21.7 Å². The molecule has 1 aliphatic rings. The summed E-state index contributed by atoms with van der Waals surface area (Å²) in [5.74, 6) is -2.69. The van der Waals surface area contributed by atoms with Gasteiger partial charge in [0.05, 0.1) is 24.2 Å². The Morgan fingerprint density at radius 3 is 1.93 bits per heavy atom. The Morgan fingerprint density at radius 1 is 0.933 bits per heavy atom. The van der Waals surface area contributed by atoms with Crippen molar-refractivity contribution in [3.63, 3.8) is 0 Å². The van der Waals surface area contributed by atoms with E-state index in [1.165, 1.54) is 0 Å². The number of carbonyl (C=O) groups excluding carboxylic acids is 2. The molecule has 2 aromatic carbocycles. The fourth-order valence-electron chi connectivity index (χ4n) is 4.10. The van der Waals surface area contributed by atoms with Crippen molar-refractivity contribution in [2.24, 2.45) is 17.8 Å². The molecule has 6 heteroatoms. The third-order valence-corrected chi connectivity index (χ3v) is 5.96. The highest BCUT2D eigenvalue weighted by Gasteiger charge is 2.53. The number of para-hydroxylation sites is 1. The molecular formula is C24H27NO4S. The fourth-order valence-corrected chi connectivity index (χ4v) is 4.67. The molecule has 0 aliphatic carbocycles. The second-order valence-corrected chi connectivity index (χ2v) is 7.68. The van der Waals surface area contributed by atoms with Gasteiger partial charge >= 0.3 is 11.9 Å². The molecule has 1 unspecified atom stereocenters. The lowest BCUT2D eigenvalue weighted by molar-refractivity contribution is -0.165. The minimum absolute atomic E-state index is 0.0811. The van der Waals surface area contributed by atoms with Crippen LogP contribution in [0, 0.1) is 17.8 Å². The van der Waals surface area contributed by atoms with E-state index >= 15 is 0 Å². The first-order chi connectivity index (χ1) is 14.5. The van der Waals surface area contributed by atoms with Gasteiger partial charge in [-0.1, -0.05) is 67.7 Å². The third-order valence-electron chi connectivity index (χ3n) is 5.49. The monoisotopic (exact) mass is 425 g/mol. The van der Waals surface area contributed by atoms with Gasteiger partial charge in [-0.15, -0.1) is 0 Å². The van der Waals surface area contributed by atoms with Crippen molar-refractivity contribution in [2.75, 3.05) is 18.1 Å². The van der Waals surface area contributed by atoms with Crippen molar-refractivity contribution >= 4 is 34.8 Å². The smallest absolute Gasteiger partial charge is 0.320 e. The quantitative estimate of drug-likeness (QED) is 0.351. The Bertz CT molecular complexity index is 869. The number of nitrogens with zero attached hydrogens (tertiary/aromatic N) is 1. The molecule has 3 atom stereocenters. The summed E-state index contributed by atoms with van der Waals surface area (Å²) in [6.45, 7) is 5.74. The zero-order valence-electron chi connectivity index (χ0n) is 17.5. The van der Waals surface area contributed by atoms with Gasteiger partial charge in [0, 0.05) is 11.6 Å². The highest BCUT2D eigenvalue weighted by atomic mass is 32.1. The second-order valence-electron chi connectivity index (χ2n) is 7.27.